The third kappa shape index (κ3) is 4.23. The summed E-state index contributed by atoms with van der Waals surface area (Å²) in [6.45, 7) is 0. The highest BCUT2D eigenvalue weighted by atomic mass is 79.9. The van der Waals surface area contributed by atoms with Crippen LogP contribution < -0.4 is 10.9 Å². The molecule has 0 aliphatic heterocycles. The highest BCUT2D eigenvalue weighted by Crippen LogP contribution is 2.31. The second kappa shape index (κ2) is 7.72. The average Bonchev–Trinajstić information content (AvgIpc) is 3.04. The van der Waals surface area contributed by atoms with Gasteiger partial charge in [0, 0.05) is 4.47 Å². The maximum atomic E-state index is 12.3. The van der Waals surface area contributed by atoms with E-state index in [1.807, 2.05) is 24.3 Å². The van der Waals surface area contributed by atoms with Crippen molar-refractivity contribution in [2.24, 2.45) is 0 Å². The molecular weight excluding hydrogens is 438 g/mol. The SMILES string of the molecule is O=C(Cc1cccc(Br)c1)Nc1ccsc1-c1nc(C(=O)O)c(O)c(=O)[nH]1. The van der Waals surface area contributed by atoms with E-state index in [1.54, 1.807) is 11.4 Å². The standard InChI is InChI=1S/C17H12BrN3O5S/c18-9-3-1-2-8(6-9)7-11(22)19-10-4-5-27-14(10)15-20-12(17(25)26)13(23)16(24)21-15/h1-6,23H,7H2,(H,19,22)(H,25,26)(H,20,21,24). The first-order chi connectivity index (χ1) is 12.8. The van der Waals surface area contributed by atoms with Crippen molar-refractivity contribution in [3.63, 3.8) is 0 Å². The highest BCUT2D eigenvalue weighted by Gasteiger charge is 2.20. The summed E-state index contributed by atoms with van der Waals surface area (Å²) in [5, 5.41) is 23.0. The zero-order valence-electron chi connectivity index (χ0n) is 13.5. The fourth-order valence-electron chi connectivity index (χ4n) is 2.34. The number of nitrogens with one attached hydrogen (secondary N) is 2. The number of halogens is 1. The van der Waals surface area contributed by atoms with Gasteiger partial charge in [0.15, 0.2) is 11.5 Å². The van der Waals surface area contributed by atoms with E-state index in [-0.39, 0.29) is 18.2 Å². The number of H-pyrrole nitrogens is 1. The Morgan fingerprint density at radius 2 is 2.07 bits per heavy atom. The predicted molar refractivity (Wildman–Crippen MR) is 103 cm³/mol. The van der Waals surface area contributed by atoms with Crippen LogP contribution in [0.5, 0.6) is 5.75 Å². The van der Waals surface area contributed by atoms with Crippen LogP contribution in [-0.2, 0) is 11.2 Å². The minimum Gasteiger partial charge on any atom is -0.501 e. The largest absolute Gasteiger partial charge is 0.501 e. The number of aromatic carboxylic acids is 1. The average molecular weight is 450 g/mol. The van der Waals surface area contributed by atoms with Crippen molar-refractivity contribution in [2.45, 2.75) is 6.42 Å². The minimum atomic E-state index is -1.53. The maximum Gasteiger partial charge on any atom is 0.358 e. The molecule has 3 aromatic rings. The second-order valence-corrected chi connectivity index (χ2v) is 7.27. The molecule has 1 aromatic carbocycles. The molecular formula is C17H12BrN3O5S. The molecule has 10 heteroatoms. The van der Waals surface area contributed by atoms with Crippen molar-refractivity contribution in [3.8, 4) is 16.5 Å². The Kier molecular flexibility index (Phi) is 5.38. The predicted octanol–water partition coefficient (Wildman–Crippen LogP) is 2.85. The molecule has 0 aliphatic carbocycles. The van der Waals surface area contributed by atoms with E-state index in [4.69, 9.17) is 5.11 Å². The smallest absolute Gasteiger partial charge is 0.358 e. The van der Waals surface area contributed by atoms with Crippen molar-refractivity contribution in [1.82, 2.24) is 9.97 Å². The molecule has 8 nitrogen and oxygen atoms in total. The molecule has 138 valence electrons. The summed E-state index contributed by atoms with van der Waals surface area (Å²) >= 11 is 4.50. The first-order valence-corrected chi connectivity index (χ1v) is 9.21. The fourth-order valence-corrected chi connectivity index (χ4v) is 3.58. The van der Waals surface area contributed by atoms with Crippen LogP contribution in [-0.4, -0.2) is 32.1 Å². The molecule has 0 spiro atoms. The van der Waals surface area contributed by atoms with Crippen molar-refractivity contribution in [2.75, 3.05) is 5.32 Å². The molecule has 4 N–H and O–H groups in total. The Balaban J connectivity index is 1.87. The molecule has 2 heterocycles. The van der Waals surface area contributed by atoms with Gasteiger partial charge in [-0.05, 0) is 29.1 Å². The van der Waals surface area contributed by atoms with Gasteiger partial charge in [-0.15, -0.1) is 11.3 Å². The monoisotopic (exact) mass is 449 g/mol. The summed E-state index contributed by atoms with van der Waals surface area (Å²) in [5.74, 6) is -2.84. The van der Waals surface area contributed by atoms with Crippen LogP contribution in [0.1, 0.15) is 16.1 Å². The summed E-state index contributed by atoms with van der Waals surface area (Å²) in [7, 11) is 0. The number of hydrogen-bond donors (Lipinski definition) is 4. The number of aromatic nitrogens is 2. The molecule has 0 saturated heterocycles. The van der Waals surface area contributed by atoms with E-state index < -0.39 is 23.0 Å². The zero-order chi connectivity index (χ0) is 19.6. The maximum absolute atomic E-state index is 12.3. The number of carbonyl (C=O) groups is 2. The summed E-state index contributed by atoms with van der Waals surface area (Å²) < 4.78 is 0.857. The van der Waals surface area contributed by atoms with Gasteiger partial charge in [0.1, 0.15) is 0 Å². The number of carboxylic acids is 1. The van der Waals surface area contributed by atoms with Gasteiger partial charge < -0.3 is 20.5 Å². The second-order valence-electron chi connectivity index (χ2n) is 5.44. The summed E-state index contributed by atoms with van der Waals surface area (Å²) in [6, 6.07) is 8.93. The molecule has 0 saturated carbocycles. The lowest BCUT2D eigenvalue weighted by Gasteiger charge is -2.08. The van der Waals surface area contributed by atoms with Crippen LogP contribution in [0, 0.1) is 0 Å². The van der Waals surface area contributed by atoms with Crippen LogP contribution in [0.2, 0.25) is 0 Å². The number of carbonyl (C=O) groups excluding carboxylic acids is 1. The van der Waals surface area contributed by atoms with E-state index in [0.29, 0.717) is 10.6 Å². The van der Waals surface area contributed by atoms with E-state index in [9.17, 15) is 19.5 Å². The molecule has 0 unspecified atom stereocenters. The van der Waals surface area contributed by atoms with Gasteiger partial charge in [-0.3, -0.25) is 9.59 Å². The number of thiophene rings is 1. The number of carboxylic acid groups (broad SMARTS) is 1. The Labute approximate surface area is 164 Å². The molecule has 0 aliphatic rings. The molecule has 0 bridgehead atoms. The van der Waals surface area contributed by atoms with E-state index >= 15 is 0 Å². The van der Waals surface area contributed by atoms with Crippen molar-refractivity contribution in [1.29, 1.82) is 0 Å². The number of hydrogen-bond acceptors (Lipinski definition) is 6. The Morgan fingerprint density at radius 1 is 1.30 bits per heavy atom. The van der Waals surface area contributed by atoms with Crippen molar-refractivity contribution < 1.29 is 19.8 Å². The van der Waals surface area contributed by atoms with Gasteiger partial charge in [0.2, 0.25) is 11.7 Å². The summed E-state index contributed by atoms with van der Waals surface area (Å²) in [6.07, 6.45) is 0.134. The first kappa shape index (κ1) is 18.8. The summed E-state index contributed by atoms with van der Waals surface area (Å²) in [5.41, 5.74) is -0.543. The molecule has 0 fully saturated rings. The molecule has 2 aromatic heterocycles. The van der Waals surface area contributed by atoms with Gasteiger partial charge in [-0.2, -0.15) is 0 Å². The molecule has 0 atom stereocenters. The fraction of sp³-hybridized carbons (Fsp3) is 0.0588. The van der Waals surface area contributed by atoms with Crippen molar-refractivity contribution >= 4 is 44.8 Å². The molecule has 3 rings (SSSR count). The Morgan fingerprint density at radius 3 is 2.78 bits per heavy atom. The van der Waals surface area contributed by atoms with E-state index in [1.165, 1.54) is 0 Å². The molecule has 1 amide bonds. The molecule has 27 heavy (non-hydrogen) atoms. The minimum absolute atomic E-state index is 0.0528. The lowest BCUT2D eigenvalue weighted by atomic mass is 10.1. The van der Waals surface area contributed by atoms with Crippen LogP contribution in [0.3, 0.4) is 0 Å². The normalized spacial score (nSPS) is 10.6. The number of aromatic amines is 1. The van der Waals surface area contributed by atoms with Crippen LogP contribution in [0.25, 0.3) is 10.7 Å². The third-order valence-electron chi connectivity index (χ3n) is 3.51. The van der Waals surface area contributed by atoms with E-state index in [0.717, 1.165) is 21.4 Å². The Hall–Kier alpha value is -2.98. The van der Waals surface area contributed by atoms with Gasteiger partial charge in [-0.25, -0.2) is 9.78 Å². The first-order valence-electron chi connectivity index (χ1n) is 7.54. The van der Waals surface area contributed by atoms with Gasteiger partial charge in [-0.1, -0.05) is 28.1 Å². The van der Waals surface area contributed by atoms with Crippen LogP contribution >= 0.6 is 27.3 Å². The molecule has 0 radical (unpaired) electrons. The number of aromatic hydroxyl groups is 1. The van der Waals surface area contributed by atoms with Gasteiger partial charge >= 0.3 is 5.97 Å². The zero-order valence-corrected chi connectivity index (χ0v) is 15.9. The number of amides is 1. The number of rotatable bonds is 5. The number of nitrogens with zero attached hydrogens (tertiary/aromatic N) is 1. The third-order valence-corrected chi connectivity index (χ3v) is 4.92. The lowest BCUT2D eigenvalue weighted by molar-refractivity contribution is -0.115. The topological polar surface area (TPSA) is 132 Å². The van der Waals surface area contributed by atoms with Crippen LogP contribution in [0.15, 0.2) is 45.0 Å². The van der Waals surface area contributed by atoms with Crippen molar-refractivity contribution in [3.05, 3.63) is 61.8 Å². The summed E-state index contributed by atoms with van der Waals surface area (Å²) in [4.78, 5) is 41.7. The lowest BCUT2D eigenvalue weighted by Crippen LogP contribution is -2.17. The van der Waals surface area contributed by atoms with E-state index in [2.05, 4.69) is 31.2 Å². The van der Waals surface area contributed by atoms with Crippen LogP contribution in [0.4, 0.5) is 5.69 Å². The van der Waals surface area contributed by atoms with Gasteiger partial charge in [0.05, 0.1) is 17.0 Å². The number of benzene rings is 1. The highest BCUT2D eigenvalue weighted by molar-refractivity contribution is 9.10. The number of anilines is 1. The quantitative estimate of drug-likeness (QED) is 0.473. The van der Waals surface area contributed by atoms with Gasteiger partial charge in [0.25, 0.3) is 5.56 Å². The Bertz CT molecular complexity index is 1090.